The molecule has 0 radical (unpaired) electrons. The van der Waals surface area contributed by atoms with E-state index in [1.54, 1.807) is 24.8 Å². The van der Waals surface area contributed by atoms with E-state index in [-0.39, 0.29) is 6.04 Å². The van der Waals surface area contributed by atoms with Crippen LogP contribution in [0.15, 0.2) is 28.8 Å². The van der Waals surface area contributed by atoms with Crippen molar-refractivity contribution < 1.29 is 13.7 Å². The highest BCUT2D eigenvalue weighted by Crippen LogP contribution is 2.32. The van der Waals surface area contributed by atoms with Gasteiger partial charge in [0.05, 0.1) is 25.9 Å². The fourth-order valence-electron chi connectivity index (χ4n) is 3.46. The third kappa shape index (κ3) is 4.39. The minimum absolute atomic E-state index is 0.163. The highest BCUT2D eigenvalue weighted by Gasteiger charge is 2.22. The largest absolute Gasteiger partial charge is 0.479 e. The van der Waals surface area contributed by atoms with Crippen LogP contribution < -0.4 is 9.64 Å². The first-order valence-electron chi connectivity index (χ1n) is 9.85. The predicted molar refractivity (Wildman–Crippen MR) is 118 cm³/mol. The number of rotatable bonds is 5. The van der Waals surface area contributed by atoms with E-state index < -0.39 is 9.73 Å². The molecule has 160 valence electrons. The molecule has 1 fully saturated rings. The molecule has 3 aromatic heterocycles. The summed E-state index contributed by atoms with van der Waals surface area (Å²) in [6.45, 7) is 6.54. The lowest BCUT2D eigenvalue weighted by atomic mass is 10.1. The van der Waals surface area contributed by atoms with Crippen LogP contribution in [-0.4, -0.2) is 69.1 Å². The molecule has 30 heavy (non-hydrogen) atoms. The predicted octanol–water partition coefficient (Wildman–Crippen LogP) is 3.00. The zero-order chi connectivity index (χ0) is 21.3. The summed E-state index contributed by atoms with van der Waals surface area (Å²) in [5, 5.41) is 0.854. The van der Waals surface area contributed by atoms with Gasteiger partial charge in [0.2, 0.25) is 0 Å². The van der Waals surface area contributed by atoms with Crippen LogP contribution in [0.5, 0.6) is 5.88 Å². The Balaban J connectivity index is 1.89. The number of ether oxygens (including phenoxy) is 2. The van der Waals surface area contributed by atoms with Gasteiger partial charge >= 0.3 is 0 Å². The number of pyridine rings is 1. The Hall–Kier alpha value is -2.72. The molecule has 0 aliphatic carbocycles. The van der Waals surface area contributed by atoms with Crippen molar-refractivity contribution in [1.82, 2.24) is 19.9 Å². The lowest BCUT2D eigenvalue weighted by molar-refractivity contribution is 0.0985. The molecule has 0 aromatic carbocycles. The van der Waals surface area contributed by atoms with E-state index in [9.17, 15) is 4.21 Å². The highest BCUT2D eigenvalue weighted by molar-refractivity contribution is 7.92. The van der Waals surface area contributed by atoms with E-state index in [0.717, 1.165) is 23.3 Å². The van der Waals surface area contributed by atoms with Crippen LogP contribution in [0.25, 0.3) is 22.4 Å². The maximum absolute atomic E-state index is 12.4. The second-order valence-corrected chi connectivity index (χ2v) is 10.0. The minimum Gasteiger partial charge on any atom is -0.479 e. The second kappa shape index (κ2) is 8.19. The van der Waals surface area contributed by atoms with Crippen molar-refractivity contribution in [3.8, 4) is 17.3 Å². The first-order valence-corrected chi connectivity index (χ1v) is 12.2. The molecule has 1 saturated heterocycles. The molecule has 4 heterocycles. The number of fused-ring (bicyclic) bond motifs is 1. The van der Waals surface area contributed by atoms with Crippen molar-refractivity contribution in [3.05, 3.63) is 24.4 Å². The minimum atomic E-state index is -2.38. The maximum Gasteiger partial charge on any atom is 0.193 e. The summed E-state index contributed by atoms with van der Waals surface area (Å²) in [5.41, 5.74) is 1.50. The van der Waals surface area contributed by atoms with Gasteiger partial charge < -0.3 is 19.4 Å². The zero-order valence-corrected chi connectivity index (χ0v) is 18.4. The highest BCUT2D eigenvalue weighted by atomic mass is 32.2. The van der Waals surface area contributed by atoms with Crippen LogP contribution in [0, 0.1) is 0 Å². The molecule has 0 spiro atoms. The first-order chi connectivity index (χ1) is 14.3. The number of hydrogen-bond acceptors (Lipinski definition) is 8. The first kappa shape index (κ1) is 20.5. The number of anilines is 1. The van der Waals surface area contributed by atoms with Gasteiger partial charge in [-0.1, -0.05) is 0 Å². The fraction of sp³-hybridized carbons (Fsp3) is 0.450. The normalized spacial score (nSPS) is 17.3. The van der Waals surface area contributed by atoms with E-state index in [2.05, 4.69) is 31.1 Å². The van der Waals surface area contributed by atoms with Gasteiger partial charge in [-0.2, -0.15) is 4.36 Å². The third-order valence-corrected chi connectivity index (χ3v) is 5.35. The molecule has 10 heteroatoms. The molecule has 4 rings (SSSR count). The quantitative estimate of drug-likeness (QED) is 0.663. The molecule has 1 aliphatic heterocycles. The van der Waals surface area contributed by atoms with Gasteiger partial charge in [0.1, 0.15) is 11.5 Å². The van der Waals surface area contributed by atoms with Crippen LogP contribution in [0.2, 0.25) is 0 Å². The summed E-state index contributed by atoms with van der Waals surface area (Å²) in [4.78, 5) is 19.2. The molecule has 0 saturated carbocycles. The van der Waals surface area contributed by atoms with Gasteiger partial charge in [0, 0.05) is 58.1 Å². The lowest BCUT2D eigenvalue weighted by Gasteiger charge is -2.34. The average molecular weight is 431 g/mol. The Morgan fingerprint density at radius 2 is 2.20 bits per heavy atom. The van der Waals surface area contributed by atoms with E-state index in [1.165, 1.54) is 0 Å². The van der Waals surface area contributed by atoms with Crippen LogP contribution in [0.3, 0.4) is 0 Å². The molecule has 1 aliphatic rings. The summed E-state index contributed by atoms with van der Waals surface area (Å²) in [6.07, 6.45) is 4.89. The van der Waals surface area contributed by atoms with E-state index in [0.29, 0.717) is 43.0 Å². The van der Waals surface area contributed by atoms with Gasteiger partial charge in [-0.3, -0.25) is 0 Å². The number of nitrogens with one attached hydrogen (secondary N) is 1. The standard InChI is InChI=1S/C20H26N6O3S/c1-5-29-18-10-15-14(6-7-21-19(15)24-18)20-22-16(25-30(3,4)27)11-17(23-20)26-8-9-28-12-13(26)2/h6-7,10-11,13H,5,8-9,12H2,1-4H3,(H,21,24)/t13-/m1/s1. The number of morpholine rings is 1. The summed E-state index contributed by atoms with van der Waals surface area (Å²) in [6, 6.07) is 5.72. The van der Waals surface area contributed by atoms with E-state index in [4.69, 9.17) is 14.5 Å². The van der Waals surface area contributed by atoms with Crippen molar-refractivity contribution in [3.63, 3.8) is 0 Å². The zero-order valence-electron chi connectivity index (χ0n) is 17.6. The Kier molecular flexibility index (Phi) is 5.61. The Bertz CT molecular complexity index is 1180. The van der Waals surface area contributed by atoms with Gasteiger partial charge in [-0.25, -0.2) is 19.2 Å². The molecular weight excluding hydrogens is 404 g/mol. The van der Waals surface area contributed by atoms with Crippen LogP contribution >= 0.6 is 0 Å². The van der Waals surface area contributed by atoms with E-state index >= 15 is 0 Å². The number of aromatic nitrogens is 4. The van der Waals surface area contributed by atoms with Crippen molar-refractivity contribution >= 4 is 32.4 Å². The summed E-state index contributed by atoms with van der Waals surface area (Å²) >= 11 is 0. The molecule has 0 amide bonds. The summed E-state index contributed by atoms with van der Waals surface area (Å²) in [5.74, 6) is 2.28. The molecule has 3 aromatic rings. The van der Waals surface area contributed by atoms with Crippen molar-refractivity contribution in [1.29, 1.82) is 0 Å². The number of H-pyrrole nitrogens is 1. The molecule has 1 atom stereocenters. The number of aromatic amines is 1. The number of hydrogen-bond donors (Lipinski definition) is 1. The maximum atomic E-state index is 12.4. The van der Waals surface area contributed by atoms with Crippen LogP contribution in [0.1, 0.15) is 13.8 Å². The Morgan fingerprint density at radius 1 is 1.37 bits per heavy atom. The van der Waals surface area contributed by atoms with Crippen molar-refractivity contribution in [2.75, 3.05) is 43.8 Å². The van der Waals surface area contributed by atoms with Gasteiger partial charge in [0.25, 0.3) is 0 Å². The Morgan fingerprint density at radius 3 is 2.93 bits per heavy atom. The summed E-state index contributed by atoms with van der Waals surface area (Å²) < 4.78 is 27.8. The van der Waals surface area contributed by atoms with Gasteiger partial charge in [-0.15, -0.1) is 0 Å². The van der Waals surface area contributed by atoms with Crippen molar-refractivity contribution in [2.24, 2.45) is 4.36 Å². The average Bonchev–Trinajstić information content (AvgIpc) is 3.09. The van der Waals surface area contributed by atoms with Crippen molar-refractivity contribution in [2.45, 2.75) is 19.9 Å². The van der Waals surface area contributed by atoms with Crippen LogP contribution in [-0.2, 0) is 14.5 Å². The monoisotopic (exact) mass is 430 g/mol. The molecule has 0 unspecified atom stereocenters. The smallest absolute Gasteiger partial charge is 0.193 e. The van der Waals surface area contributed by atoms with E-state index in [1.807, 2.05) is 19.1 Å². The van der Waals surface area contributed by atoms with Gasteiger partial charge in [0.15, 0.2) is 17.5 Å². The fourth-order valence-corrected chi connectivity index (χ4v) is 4.00. The van der Waals surface area contributed by atoms with Crippen LogP contribution in [0.4, 0.5) is 11.6 Å². The SMILES string of the molecule is CCOc1cc2c(-c3nc(N=S(C)(C)=O)cc(N4CCOC[C@H]4C)n3)ccnc2[nH]1. The lowest BCUT2D eigenvalue weighted by Crippen LogP contribution is -2.44. The summed E-state index contributed by atoms with van der Waals surface area (Å²) in [7, 11) is -2.38. The number of nitrogens with zero attached hydrogens (tertiary/aromatic N) is 5. The third-order valence-electron chi connectivity index (χ3n) is 4.72. The van der Waals surface area contributed by atoms with Gasteiger partial charge in [-0.05, 0) is 19.9 Å². The molecule has 1 N–H and O–H groups in total. The molecule has 0 bridgehead atoms. The molecular formula is C20H26N6O3S. The Labute approximate surface area is 176 Å². The molecule has 9 nitrogen and oxygen atoms in total. The topological polar surface area (TPSA) is 106 Å². The second-order valence-electron chi connectivity index (χ2n) is 7.49.